The number of Topliss-reactive ketones (excluding diaryl/α,β-unsaturated/α-hetero) is 1. The number of aliphatic imine (C=N–C) groups is 1. The Balaban J connectivity index is 0.000000387. The van der Waals surface area contributed by atoms with Crippen LogP contribution in [0, 0.1) is 18.3 Å². The molecule has 21 heteroatoms. The van der Waals surface area contributed by atoms with Gasteiger partial charge in [-0.2, -0.15) is 5.26 Å². The summed E-state index contributed by atoms with van der Waals surface area (Å²) in [6, 6.07) is 21.6. The number of aromatic amines is 1. The van der Waals surface area contributed by atoms with Crippen LogP contribution < -0.4 is 56.5 Å². The molecule has 0 unspecified atom stereocenters. The number of amides is 3. The molecule has 0 saturated carbocycles. The Morgan fingerprint density at radius 2 is 1.07 bits per heavy atom. The molecule has 0 fully saturated rings. The molecule has 0 aliphatic carbocycles. The SMILES string of the molecule is CC(C)(C)[O-].CCC(C)(C)O.CCCCCCCCCCCCN1C(=O)C2=C(c3ccc(Br)s3)N(CCCCCCCCCCCC)C(=O)C2=C1c1ccc(C)s1.CCCCOC(=O)CCC(C)=O.N#Cc1cccs1.O=C1N=C(c2cccs2)c2c(O)[nH]c(-c3cccs3)c21.[K+]. The third-order valence-corrected chi connectivity index (χ3v) is 20.7. The molecule has 3 N–H and O–H groups in total. The number of ketones is 1. The molecule has 14 nitrogen and oxygen atoms in total. The van der Waals surface area contributed by atoms with Crippen LogP contribution in [-0.2, 0) is 23.9 Å². The number of aromatic nitrogens is 1. The first-order chi connectivity index (χ1) is 45.9. The van der Waals surface area contributed by atoms with Gasteiger partial charge in [0.1, 0.15) is 16.7 Å². The van der Waals surface area contributed by atoms with Crippen LogP contribution in [0.1, 0.15) is 270 Å². The van der Waals surface area contributed by atoms with Crippen molar-refractivity contribution in [3.8, 4) is 22.5 Å². The summed E-state index contributed by atoms with van der Waals surface area (Å²) in [6.07, 6.45) is 28.4. The van der Waals surface area contributed by atoms with E-state index in [2.05, 4.69) is 64.9 Å². The number of aliphatic hydroxyl groups is 1. The van der Waals surface area contributed by atoms with Crippen molar-refractivity contribution in [3.63, 3.8) is 0 Å². The van der Waals surface area contributed by atoms with Gasteiger partial charge in [0.25, 0.3) is 17.7 Å². The second kappa shape index (κ2) is 47.2. The number of ether oxygens (including phenoxy) is 1. The third-order valence-electron chi connectivity index (χ3n) is 15.5. The van der Waals surface area contributed by atoms with Crippen molar-refractivity contribution in [2.24, 2.45) is 4.99 Å². The number of carbonyl (C=O) groups is 5. The van der Waals surface area contributed by atoms with Crippen LogP contribution in [-0.4, -0.2) is 91.1 Å². The number of aryl methyl sites for hydroxylation is 1. The largest absolute Gasteiger partial charge is 1.00 e. The molecule has 0 spiro atoms. The number of halogens is 1. The first-order valence-corrected chi connectivity index (χ1v) is 39.6. The molecule has 97 heavy (non-hydrogen) atoms. The van der Waals surface area contributed by atoms with Gasteiger partial charge in [0.05, 0.1) is 87.0 Å². The second-order valence-electron chi connectivity index (χ2n) is 25.7. The normalized spacial score (nSPS) is 13.0. The van der Waals surface area contributed by atoms with Gasteiger partial charge in [0.15, 0.2) is 5.88 Å². The fraction of sp³-hybridized carbons (Fsp3) is 0.539. The second-order valence-corrected chi connectivity index (χ2v) is 32.3. The zero-order valence-electron chi connectivity index (χ0n) is 59.8. The topological polar surface area (TPSA) is 217 Å². The maximum absolute atomic E-state index is 14.3. The van der Waals surface area contributed by atoms with E-state index >= 15 is 0 Å². The molecular weight excluding hydrogens is 1410 g/mol. The Bertz CT molecular complexity index is 3330. The number of hydrogen-bond acceptors (Lipinski definition) is 15. The molecule has 9 heterocycles. The number of fused-ring (bicyclic) bond motifs is 2. The molecule has 0 atom stereocenters. The average molecular weight is 1510 g/mol. The fourth-order valence-corrected chi connectivity index (χ4v) is 14.6. The maximum atomic E-state index is 14.3. The Morgan fingerprint density at radius 3 is 1.45 bits per heavy atom. The van der Waals surface area contributed by atoms with Crippen LogP contribution in [0.25, 0.3) is 22.0 Å². The predicted molar refractivity (Wildman–Crippen MR) is 403 cm³/mol. The minimum atomic E-state index is -0.750. The fourth-order valence-electron chi connectivity index (χ4n) is 10.2. The Hall–Kier alpha value is -3.99. The van der Waals surface area contributed by atoms with Gasteiger partial charge in [-0.1, -0.05) is 189 Å². The molecule has 0 saturated heterocycles. The van der Waals surface area contributed by atoms with Crippen LogP contribution in [0.4, 0.5) is 0 Å². The van der Waals surface area contributed by atoms with Crippen LogP contribution in [0.3, 0.4) is 0 Å². The van der Waals surface area contributed by atoms with E-state index in [4.69, 9.17) is 15.1 Å². The van der Waals surface area contributed by atoms with Gasteiger partial charge in [-0.15, -0.1) is 62.3 Å². The van der Waals surface area contributed by atoms with E-state index in [0.717, 1.165) is 84.5 Å². The standard InChI is InChI=1S/C39H57BrN2O2S2.C14H8N2O2S2.C9H16O3.C5H3NS.C5H12O.C4H9O.K/c1-4-6-8-10-12-14-16-18-20-22-28-41-36(31-25-24-30(3)45-31)34-35(39(41)44)37(32-26-27-33(40)46-32)42(38(34)43)29-23-21-19-17-15-13-11-9-7-5-2;17-13-9-10(12(16-13)8-4-2-6-20-8)14(18)15-11(9)7-3-1-5-19-7;1-3-4-7-12-9(11)6-5-8(2)10;6-4-5-2-1-3-7-5;1-4-5(2,3)6;1-4(2,3)5;/h24-27H,4-23,28-29H2,1-3H3;1-6,15,18H;3-7H2,1-2H3;1-3H;6H,4H2,1-3H3;1-3H3;/q;;;;;-1;+1. The van der Waals surface area contributed by atoms with E-state index in [1.165, 1.54) is 149 Å². The maximum Gasteiger partial charge on any atom is 1.00 e. The molecule has 0 bridgehead atoms. The number of esters is 1. The average Bonchev–Trinajstić information content (AvgIpc) is 1.57. The Morgan fingerprint density at radius 1 is 0.629 bits per heavy atom. The van der Waals surface area contributed by atoms with Crippen LogP contribution in [0.2, 0.25) is 0 Å². The third kappa shape index (κ3) is 31.4. The number of thiophene rings is 5. The summed E-state index contributed by atoms with van der Waals surface area (Å²) in [5.74, 6) is -0.526. The molecular formula is C76H105BrKN5O9S5. The summed E-state index contributed by atoms with van der Waals surface area (Å²) in [5, 5.41) is 43.0. The van der Waals surface area contributed by atoms with Crippen molar-refractivity contribution < 1.29 is 95.4 Å². The minimum absolute atomic E-state index is 0. The summed E-state index contributed by atoms with van der Waals surface area (Å²) in [6.45, 7) is 22.4. The molecule has 526 valence electrons. The number of nitriles is 1. The van der Waals surface area contributed by atoms with Crippen molar-refractivity contribution in [1.29, 1.82) is 5.26 Å². The molecule has 6 aromatic heterocycles. The molecule has 0 radical (unpaired) electrons. The number of nitrogens with one attached hydrogen (secondary N) is 1. The Labute approximate surface area is 650 Å². The number of carbonyl (C=O) groups excluding carboxylic acids is 5. The number of unbranched alkanes of at least 4 members (excludes halogenated alkanes) is 19. The zero-order valence-corrected chi connectivity index (χ0v) is 68.6. The predicted octanol–water partition coefficient (Wildman–Crippen LogP) is 17.7. The first-order valence-electron chi connectivity index (χ1n) is 34.5. The number of rotatable bonds is 33. The van der Waals surface area contributed by atoms with Gasteiger partial charge in [-0.05, 0) is 128 Å². The van der Waals surface area contributed by atoms with E-state index < -0.39 is 11.2 Å². The Kier molecular flexibility index (Phi) is 42.5. The van der Waals surface area contributed by atoms with Gasteiger partial charge in [0.2, 0.25) is 0 Å². The molecule has 3 amide bonds. The summed E-state index contributed by atoms with van der Waals surface area (Å²) < 4.78 is 5.86. The summed E-state index contributed by atoms with van der Waals surface area (Å²) >= 11 is 11.4. The van der Waals surface area contributed by atoms with Gasteiger partial charge < -0.3 is 39.6 Å². The van der Waals surface area contributed by atoms with Crippen molar-refractivity contribution in [3.05, 3.63) is 127 Å². The molecule has 6 aromatic rings. The van der Waals surface area contributed by atoms with E-state index in [1.54, 1.807) is 63.4 Å². The quantitative estimate of drug-likeness (QED) is 0.0201. The first kappa shape index (κ1) is 87.2. The summed E-state index contributed by atoms with van der Waals surface area (Å²) in [5.41, 5.74) is 3.90. The number of aromatic hydroxyl groups is 1. The van der Waals surface area contributed by atoms with Gasteiger partial charge in [-0.3, -0.25) is 19.2 Å². The van der Waals surface area contributed by atoms with Gasteiger partial charge >= 0.3 is 57.4 Å². The van der Waals surface area contributed by atoms with Crippen molar-refractivity contribution in [2.45, 2.75) is 248 Å². The smallest absolute Gasteiger partial charge is 0.850 e. The summed E-state index contributed by atoms with van der Waals surface area (Å²) in [4.78, 5) is 78.9. The zero-order chi connectivity index (χ0) is 70.6. The number of hydrogen-bond donors (Lipinski definition) is 3. The molecule has 3 aliphatic rings. The van der Waals surface area contributed by atoms with Gasteiger partial charge in [0, 0.05) is 24.4 Å². The van der Waals surface area contributed by atoms with E-state index in [0.29, 0.717) is 59.8 Å². The van der Waals surface area contributed by atoms with Crippen molar-refractivity contribution in [2.75, 3.05) is 19.7 Å². The van der Waals surface area contributed by atoms with Gasteiger partial charge in [-0.25, -0.2) is 4.99 Å². The molecule has 0 aromatic carbocycles. The number of H-pyrrole nitrogens is 1. The monoisotopic (exact) mass is 1510 g/mol. The number of nitrogens with zero attached hydrogens (tertiary/aromatic N) is 4. The molecule has 3 aliphatic heterocycles. The van der Waals surface area contributed by atoms with Crippen LogP contribution in [0.5, 0.6) is 5.88 Å². The summed E-state index contributed by atoms with van der Waals surface area (Å²) in [7, 11) is 0. The van der Waals surface area contributed by atoms with E-state index in [-0.39, 0.29) is 93.2 Å². The van der Waals surface area contributed by atoms with Crippen LogP contribution >= 0.6 is 72.6 Å². The van der Waals surface area contributed by atoms with E-state index in [9.17, 15) is 34.2 Å². The van der Waals surface area contributed by atoms with E-state index in [1.807, 2.05) is 82.3 Å². The molecule has 9 rings (SSSR count). The minimum Gasteiger partial charge on any atom is -0.850 e. The van der Waals surface area contributed by atoms with Crippen molar-refractivity contribution >= 4 is 119 Å². The van der Waals surface area contributed by atoms with Crippen molar-refractivity contribution in [1.82, 2.24) is 14.8 Å². The van der Waals surface area contributed by atoms with Crippen LogP contribution in [0.15, 0.2) is 96.7 Å².